The second kappa shape index (κ2) is 5.61. The predicted molar refractivity (Wildman–Crippen MR) is 72.9 cm³/mol. The Bertz CT molecular complexity index is 668. The van der Waals surface area contributed by atoms with Crippen molar-refractivity contribution < 1.29 is 8.42 Å². The molecule has 0 aliphatic carbocycles. The molecule has 0 atom stereocenters. The number of pyridine rings is 1. The van der Waals surface area contributed by atoms with Gasteiger partial charge in [-0.15, -0.1) is 11.3 Å². The largest absolute Gasteiger partial charge is 0.308 e. The van der Waals surface area contributed by atoms with E-state index in [0.29, 0.717) is 0 Å². The standard InChI is InChI=1S/C10H13N5O2S2/c1-7-9(18-6-13-7)5-14-19(16,17)8-2-3-12-10(4-8)15-11/h2-4,6,14H,5,11H2,1H3,(H,12,15). The number of thiazole rings is 1. The summed E-state index contributed by atoms with van der Waals surface area (Å²) in [6, 6.07) is 2.77. The first-order valence-electron chi connectivity index (χ1n) is 5.34. The fourth-order valence-electron chi connectivity index (χ4n) is 1.40. The minimum Gasteiger partial charge on any atom is -0.308 e. The molecule has 4 N–H and O–H groups in total. The molecule has 2 rings (SSSR count). The molecular formula is C10H13N5O2S2. The number of aryl methyl sites for hydroxylation is 1. The number of nitrogens with one attached hydrogen (secondary N) is 2. The summed E-state index contributed by atoms with van der Waals surface area (Å²) in [7, 11) is -3.59. The molecule has 102 valence electrons. The third kappa shape index (κ3) is 3.26. The maximum Gasteiger partial charge on any atom is 0.241 e. The van der Waals surface area contributed by atoms with Crippen LogP contribution < -0.4 is 16.0 Å². The third-order valence-corrected chi connectivity index (χ3v) is 4.79. The Morgan fingerprint density at radius 2 is 2.21 bits per heavy atom. The lowest BCUT2D eigenvalue weighted by molar-refractivity contribution is 0.581. The molecule has 2 aromatic rings. The normalized spacial score (nSPS) is 11.5. The second-order valence-electron chi connectivity index (χ2n) is 3.71. The minimum atomic E-state index is -3.59. The van der Waals surface area contributed by atoms with E-state index in [9.17, 15) is 8.42 Å². The van der Waals surface area contributed by atoms with Gasteiger partial charge in [-0.1, -0.05) is 0 Å². The fourth-order valence-corrected chi connectivity index (χ4v) is 3.21. The van der Waals surface area contributed by atoms with E-state index in [4.69, 9.17) is 5.84 Å². The Morgan fingerprint density at radius 1 is 1.42 bits per heavy atom. The molecular weight excluding hydrogens is 286 g/mol. The number of hydrogen-bond donors (Lipinski definition) is 3. The van der Waals surface area contributed by atoms with Gasteiger partial charge in [-0.05, 0) is 13.0 Å². The average Bonchev–Trinajstić information content (AvgIpc) is 2.82. The van der Waals surface area contributed by atoms with Crippen LogP contribution in [0.4, 0.5) is 5.82 Å². The summed E-state index contributed by atoms with van der Waals surface area (Å²) in [6.07, 6.45) is 1.38. The number of aromatic nitrogens is 2. The summed E-state index contributed by atoms with van der Waals surface area (Å²) < 4.78 is 26.7. The van der Waals surface area contributed by atoms with Gasteiger partial charge in [-0.3, -0.25) is 0 Å². The van der Waals surface area contributed by atoms with Gasteiger partial charge >= 0.3 is 0 Å². The van der Waals surface area contributed by atoms with E-state index < -0.39 is 10.0 Å². The molecule has 0 fully saturated rings. The number of hydrazine groups is 1. The average molecular weight is 299 g/mol. The molecule has 0 aliphatic heterocycles. The van der Waals surface area contributed by atoms with Crippen LogP contribution in [0.5, 0.6) is 0 Å². The molecule has 0 bridgehead atoms. The highest BCUT2D eigenvalue weighted by Gasteiger charge is 2.15. The first-order chi connectivity index (χ1) is 9.03. The van der Waals surface area contributed by atoms with E-state index in [0.717, 1.165) is 10.6 Å². The highest BCUT2D eigenvalue weighted by Crippen LogP contribution is 2.15. The molecule has 0 saturated carbocycles. The molecule has 19 heavy (non-hydrogen) atoms. The lowest BCUT2D eigenvalue weighted by Crippen LogP contribution is -2.23. The second-order valence-corrected chi connectivity index (χ2v) is 6.41. The molecule has 2 aromatic heterocycles. The van der Waals surface area contributed by atoms with Crippen molar-refractivity contribution in [3.63, 3.8) is 0 Å². The number of hydrogen-bond acceptors (Lipinski definition) is 7. The van der Waals surface area contributed by atoms with Crippen LogP contribution in [-0.4, -0.2) is 18.4 Å². The summed E-state index contributed by atoms with van der Waals surface area (Å²) in [5.74, 6) is 5.49. The van der Waals surface area contributed by atoms with Gasteiger partial charge in [0.05, 0.1) is 16.1 Å². The van der Waals surface area contributed by atoms with Gasteiger partial charge in [0.1, 0.15) is 5.82 Å². The van der Waals surface area contributed by atoms with Crippen molar-refractivity contribution in [3.8, 4) is 0 Å². The van der Waals surface area contributed by atoms with Gasteiger partial charge in [0.15, 0.2) is 0 Å². The van der Waals surface area contributed by atoms with Crippen LogP contribution in [-0.2, 0) is 16.6 Å². The van der Waals surface area contributed by atoms with Crippen molar-refractivity contribution in [1.29, 1.82) is 0 Å². The molecule has 0 spiro atoms. The molecule has 9 heteroatoms. The Morgan fingerprint density at radius 3 is 2.84 bits per heavy atom. The SMILES string of the molecule is Cc1ncsc1CNS(=O)(=O)c1ccnc(NN)c1. The summed E-state index contributed by atoms with van der Waals surface area (Å²) in [5.41, 5.74) is 4.82. The van der Waals surface area contributed by atoms with Gasteiger partial charge in [-0.2, -0.15) is 0 Å². The van der Waals surface area contributed by atoms with Gasteiger partial charge in [0.2, 0.25) is 10.0 Å². The Hall–Kier alpha value is -1.55. The predicted octanol–water partition coefficient (Wildman–Crippen LogP) is 0.611. The highest BCUT2D eigenvalue weighted by atomic mass is 32.2. The molecule has 0 aromatic carbocycles. The number of nitrogens with two attached hydrogens (primary N) is 1. The number of rotatable bonds is 5. The topological polar surface area (TPSA) is 110 Å². The van der Waals surface area contributed by atoms with E-state index >= 15 is 0 Å². The zero-order valence-electron chi connectivity index (χ0n) is 10.1. The van der Waals surface area contributed by atoms with Crippen molar-refractivity contribution >= 4 is 27.2 Å². The van der Waals surface area contributed by atoms with E-state index in [1.54, 1.807) is 5.51 Å². The van der Waals surface area contributed by atoms with Crippen LogP contribution in [0.25, 0.3) is 0 Å². The molecule has 0 unspecified atom stereocenters. The Balaban J connectivity index is 2.16. The van der Waals surface area contributed by atoms with Crippen LogP contribution in [0.15, 0.2) is 28.7 Å². The monoisotopic (exact) mass is 299 g/mol. The molecule has 0 radical (unpaired) electrons. The molecule has 0 saturated heterocycles. The molecule has 0 amide bonds. The van der Waals surface area contributed by atoms with Crippen molar-refractivity contribution in [2.45, 2.75) is 18.4 Å². The van der Waals surface area contributed by atoms with Crippen molar-refractivity contribution in [1.82, 2.24) is 14.7 Å². The van der Waals surface area contributed by atoms with Crippen LogP contribution in [0, 0.1) is 6.92 Å². The molecule has 2 heterocycles. The summed E-state index contributed by atoms with van der Waals surface area (Å²) in [6.45, 7) is 2.05. The van der Waals surface area contributed by atoms with E-state index in [-0.39, 0.29) is 17.3 Å². The van der Waals surface area contributed by atoms with Crippen molar-refractivity contribution in [2.24, 2.45) is 5.84 Å². The van der Waals surface area contributed by atoms with Crippen LogP contribution in [0.1, 0.15) is 10.6 Å². The van der Waals surface area contributed by atoms with E-state index in [1.807, 2.05) is 6.92 Å². The van der Waals surface area contributed by atoms with Gasteiger partial charge in [0.25, 0.3) is 0 Å². The van der Waals surface area contributed by atoms with Crippen molar-refractivity contribution in [3.05, 3.63) is 34.4 Å². The fraction of sp³-hybridized carbons (Fsp3) is 0.200. The lowest BCUT2D eigenvalue weighted by Gasteiger charge is -2.07. The summed E-state index contributed by atoms with van der Waals surface area (Å²) in [4.78, 5) is 8.92. The third-order valence-electron chi connectivity index (χ3n) is 2.46. The summed E-state index contributed by atoms with van der Waals surface area (Å²) in [5, 5.41) is 0. The quantitative estimate of drug-likeness (QED) is 0.551. The smallest absolute Gasteiger partial charge is 0.241 e. The molecule has 0 aliphatic rings. The van der Waals surface area contributed by atoms with E-state index in [2.05, 4.69) is 20.1 Å². The lowest BCUT2D eigenvalue weighted by atomic mass is 10.4. The van der Waals surface area contributed by atoms with Gasteiger partial charge < -0.3 is 5.43 Å². The van der Waals surface area contributed by atoms with Gasteiger partial charge in [0, 0.05) is 23.7 Å². The van der Waals surface area contributed by atoms with Crippen LogP contribution in [0.3, 0.4) is 0 Å². The zero-order valence-corrected chi connectivity index (χ0v) is 11.8. The number of anilines is 1. The van der Waals surface area contributed by atoms with Gasteiger partial charge in [-0.25, -0.2) is 29.0 Å². The maximum atomic E-state index is 12.1. The number of sulfonamides is 1. The van der Waals surface area contributed by atoms with Crippen molar-refractivity contribution in [2.75, 3.05) is 5.43 Å². The minimum absolute atomic E-state index is 0.109. The number of nitrogen functional groups attached to an aromatic ring is 1. The number of nitrogens with zero attached hydrogens (tertiary/aromatic N) is 2. The highest BCUT2D eigenvalue weighted by molar-refractivity contribution is 7.89. The maximum absolute atomic E-state index is 12.1. The van der Waals surface area contributed by atoms with Crippen LogP contribution >= 0.6 is 11.3 Å². The zero-order chi connectivity index (χ0) is 13.9. The Kier molecular flexibility index (Phi) is 4.10. The Labute approximate surface area is 114 Å². The van der Waals surface area contributed by atoms with E-state index in [1.165, 1.54) is 29.7 Å². The first kappa shape index (κ1) is 13.9. The molecule has 7 nitrogen and oxygen atoms in total. The summed E-state index contributed by atoms with van der Waals surface area (Å²) >= 11 is 1.41. The first-order valence-corrected chi connectivity index (χ1v) is 7.70. The van der Waals surface area contributed by atoms with Crippen LogP contribution in [0.2, 0.25) is 0 Å².